The van der Waals surface area contributed by atoms with Crippen LogP contribution in [0.2, 0.25) is 0 Å². The zero-order valence-electron chi connectivity index (χ0n) is 9.46. The molecule has 0 aliphatic carbocycles. The molecule has 1 N–H and O–H groups in total. The van der Waals surface area contributed by atoms with E-state index >= 15 is 0 Å². The number of aromatic hydroxyl groups is 1. The highest BCUT2D eigenvalue weighted by molar-refractivity contribution is 5.85. The van der Waals surface area contributed by atoms with Crippen LogP contribution in [0.5, 0.6) is 5.75 Å². The summed E-state index contributed by atoms with van der Waals surface area (Å²) in [6.07, 6.45) is 0. The van der Waals surface area contributed by atoms with Crippen LogP contribution in [-0.2, 0) is 0 Å². The predicted molar refractivity (Wildman–Crippen MR) is 69.6 cm³/mol. The summed E-state index contributed by atoms with van der Waals surface area (Å²) < 4.78 is 5.26. The molecular formula is C15H10O3. The first kappa shape index (κ1) is 10.6. The molecule has 18 heavy (non-hydrogen) atoms. The van der Waals surface area contributed by atoms with Gasteiger partial charge >= 0.3 is 5.63 Å². The molecule has 0 aliphatic heterocycles. The second kappa shape index (κ2) is 4.04. The average Bonchev–Trinajstić information content (AvgIpc) is 2.40. The molecule has 0 radical (unpaired) electrons. The lowest BCUT2D eigenvalue weighted by Crippen LogP contribution is -1.99. The summed E-state index contributed by atoms with van der Waals surface area (Å²) in [4.78, 5) is 11.8. The van der Waals surface area contributed by atoms with Gasteiger partial charge in [0, 0.05) is 5.56 Å². The van der Waals surface area contributed by atoms with Crippen molar-refractivity contribution < 1.29 is 9.52 Å². The van der Waals surface area contributed by atoms with Gasteiger partial charge in [-0.1, -0.05) is 36.4 Å². The van der Waals surface area contributed by atoms with E-state index in [2.05, 4.69) is 0 Å². The van der Waals surface area contributed by atoms with Crippen molar-refractivity contribution in [1.29, 1.82) is 0 Å². The monoisotopic (exact) mass is 238 g/mol. The predicted octanol–water partition coefficient (Wildman–Crippen LogP) is 3.17. The minimum atomic E-state index is -0.442. The van der Waals surface area contributed by atoms with Crippen molar-refractivity contribution in [1.82, 2.24) is 0 Å². The molecule has 0 saturated carbocycles. The fraction of sp³-hybridized carbons (Fsp3) is 0. The van der Waals surface area contributed by atoms with Gasteiger partial charge in [0.05, 0.1) is 5.39 Å². The van der Waals surface area contributed by atoms with Gasteiger partial charge in [0.1, 0.15) is 11.5 Å². The quantitative estimate of drug-likeness (QED) is 0.708. The summed E-state index contributed by atoms with van der Waals surface area (Å²) in [6.45, 7) is 0. The lowest BCUT2D eigenvalue weighted by Gasteiger charge is -2.02. The Labute approximate surface area is 103 Å². The van der Waals surface area contributed by atoms with E-state index in [0.717, 1.165) is 10.9 Å². The second-order valence-electron chi connectivity index (χ2n) is 4.04. The fourth-order valence-corrected chi connectivity index (χ4v) is 1.92. The minimum absolute atomic E-state index is 0.0576. The number of hydrogen-bond donors (Lipinski definition) is 1. The highest BCUT2D eigenvalue weighted by atomic mass is 16.4. The second-order valence-corrected chi connectivity index (χ2v) is 4.04. The van der Waals surface area contributed by atoms with Crippen molar-refractivity contribution in [3.05, 3.63) is 65.0 Å². The van der Waals surface area contributed by atoms with E-state index in [1.54, 1.807) is 18.2 Å². The van der Waals surface area contributed by atoms with Gasteiger partial charge in [0.2, 0.25) is 0 Å². The third kappa shape index (κ3) is 1.76. The largest absolute Gasteiger partial charge is 0.508 e. The van der Waals surface area contributed by atoms with Crippen LogP contribution in [0.3, 0.4) is 0 Å². The summed E-state index contributed by atoms with van der Waals surface area (Å²) in [7, 11) is 0. The molecule has 0 spiro atoms. The zero-order valence-corrected chi connectivity index (χ0v) is 9.46. The molecule has 3 nitrogen and oxygen atoms in total. The Balaban J connectivity index is 2.29. The fourth-order valence-electron chi connectivity index (χ4n) is 1.92. The lowest BCUT2D eigenvalue weighted by molar-refractivity contribution is 0.475. The van der Waals surface area contributed by atoms with Gasteiger partial charge in [-0.2, -0.15) is 0 Å². The van der Waals surface area contributed by atoms with Crippen LogP contribution in [-0.4, -0.2) is 5.11 Å². The SMILES string of the molecule is O=c1oc(-c2ccccc2)cc2ccc(O)cc12. The van der Waals surface area contributed by atoms with Crippen molar-refractivity contribution in [2.45, 2.75) is 0 Å². The molecule has 3 rings (SSSR count). The molecule has 0 fully saturated rings. The maximum atomic E-state index is 11.8. The van der Waals surface area contributed by atoms with Crippen molar-refractivity contribution in [2.24, 2.45) is 0 Å². The standard InChI is InChI=1S/C15H10O3/c16-12-7-6-11-8-14(10-4-2-1-3-5-10)18-15(17)13(11)9-12/h1-9,16H. The molecule has 0 atom stereocenters. The van der Waals surface area contributed by atoms with Crippen molar-refractivity contribution >= 4 is 10.8 Å². The molecule has 3 heteroatoms. The Morgan fingerprint density at radius 1 is 0.944 bits per heavy atom. The Hall–Kier alpha value is -2.55. The molecule has 88 valence electrons. The first-order valence-electron chi connectivity index (χ1n) is 5.56. The lowest BCUT2D eigenvalue weighted by atomic mass is 10.1. The maximum Gasteiger partial charge on any atom is 0.344 e. The van der Waals surface area contributed by atoms with Crippen LogP contribution in [0, 0.1) is 0 Å². The molecule has 0 bridgehead atoms. The van der Waals surface area contributed by atoms with E-state index in [1.807, 2.05) is 30.3 Å². The Morgan fingerprint density at radius 2 is 1.72 bits per heavy atom. The van der Waals surface area contributed by atoms with E-state index in [4.69, 9.17) is 4.42 Å². The highest BCUT2D eigenvalue weighted by Gasteiger charge is 2.06. The summed E-state index contributed by atoms with van der Waals surface area (Å²) in [5.74, 6) is 0.584. The third-order valence-corrected chi connectivity index (χ3v) is 2.80. The van der Waals surface area contributed by atoms with Gasteiger partial charge in [-0.05, 0) is 23.6 Å². The van der Waals surface area contributed by atoms with Crippen molar-refractivity contribution in [2.75, 3.05) is 0 Å². The summed E-state index contributed by atoms with van der Waals surface area (Å²) in [6, 6.07) is 15.9. The number of hydrogen-bond acceptors (Lipinski definition) is 3. The van der Waals surface area contributed by atoms with E-state index in [0.29, 0.717) is 11.1 Å². The maximum absolute atomic E-state index is 11.8. The summed E-state index contributed by atoms with van der Waals surface area (Å²) >= 11 is 0. The average molecular weight is 238 g/mol. The van der Waals surface area contributed by atoms with Crippen LogP contribution >= 0.6 is 0 Å². The van der Waals surface area contributed by atoms with Gasteiger partial charge in [-0.25, -0.2) is 4.79 Å². The molecule has 1 heterocycles. The van der Waals surface area contributed by atoms with E-state index in [9.17, 15) is 9.90 Å². The molecule has 2 aromatic carbocycles. The van der Waals surface area contributed by atoms with E-state index < -0.39 is 5.63 Å². The topological polar surface area (TPSA) is 50.4 Å². The number of phenols is 1. The highest BCUT2D eigenvalue weighted by Crippen LogP contribution is 2.23. The number of benzene rings is 2. The smallest absolute Gasteiger partial charge is 0.344 e. The Bertz CT molecular complexity index is 758. The van der Waals surface area contributed by atoms with E-state index in [-0.39, 0.29) is 5.75 Å². The van der Waals surface area contributed by atoms with Crippen molar-refractivity contribution in [3.63, 3.8) is 0 Å². The summed E-state index contributed by atoms with van der Waals surface area (Å²) in [5, 5.41) is 10.5. The minimum Gasteiger partial charge on any atom is -0.508 e. The van der Waals surface area contributed by atoms with Crippen LogP contribution < -0.4 is 5.63 Å². The first-order valence-corrected chi connectivity index (χ1v) is 5.56. The first-order chi connectivity index (χ1) is 8.74. The molecule has 0 aliphatic rings. The van der Waals surface area contributed by atoms with Gasteiger partial charge in [0.25, 0.3) is 0 Å². The van der Waals surface area contributed by atoms with Crippen molar-refractivity contribution in [3.8, 4) is 17.1 Å². The van der Waals surface area contributed by atoms with Crippen LogP contribution in [0.4, 0.5) is 0 Å². The number of rotatable bonds is 1. The van der Waals surface area contributed by atoms with Gasteiger partial charge in [-0.15, -0.1) is 0 Å². The number of fused-ring (bicyclic) bond motifs is 1. The number of phenolic OH excluding ortho intramolecular Hbond substituents is 1. The normalized spacial score (nSPS) is 10.7. The molecule has 1 aromatic heterocycles. The third-order valence-electron chi connectivity index (χ3n) is 2.80. The molecule has 0 saturated heterocycles. The van der Waals surface area contributed by atoms with Gasteiger partial charge in [0.15, 0.2) is 0 Å². The molecule has 3 aromatic rings. The van der Waals surface area contributed by atoms with Crippen LogP contribution in [0.1, 0.15) is 0 Å². The van der Waals surface area contributed by atoms with Crippen LogP contribution in [0.15, 0.2) is 63.8 Å². The zero-order chi connectivity index (χ0) is 12.5. The molecule has 0 unspecified atom stereocenters. The molecule has 0 amide bonds. The van der Waals surface area contributed by atoms with Crippen LogP contribution in [0.25, 0.3) is 22.1 Å². The molecular weight excluding hydrogens is 228 g/mol. The van der Waals surface area contributed by atoms with Gasteiger partial charge in [-0.3, -0.25) is 0 Å². The Morgan fingerprint density at radius 3 is 2.50 bits per heavy atom. The van der Waals surface area contributed by atoms with Gasteiger partial charge < -0.3 is 9.52 Å². The van der Waals surface area contributed by atoms with E-state index in [1.165, 1.54) is 6.07 Å². The summed E-state index contributed by atoms with van der Waals surface area (Å²) in [5.41, 5.74) is 0.409. The Kier molecular flexibility index (Phi) is 2.38.